The number of carbonyl (C=O) groups excluding carboxylic acids is 1. The van der Waals surface area contributed by atoms with Crippen LogP contribution in [0.3, 0.4) is 0 Å². The summed E-state index contributed by atoms with van der Waals surface area (Å²) >= 11 is 0. The molecule has 0 unspecified atom stereocenters. The lowest BCUT2D eigenvalue weighted by molar-refractivity contribution is -0.111. The number of carbonyl (C=O) groups is 1. The van der Waals surface area contributed by atoms with Crippen molar-refractivity contribution >= 4 is 17.7 Å². The molecular weight excluding hydrogens is 342 g/mol. The Morgan fingerprint density at radius 2 is 1.92 bits per heavy atom. The SMILES string of the molecule is O=C(C=Cc1ccccc1OC(F)F)Nc1ccc(-n2cncn2)cc1. The minimum Gasteiger partial charge on any atom is -0.434 e. The van der Waals surface area contributed by atoms with Crippen LogP contribution in [-0.4, -0.2) is 27.3 Å². The van der Waals surface area contributed by atoms with Gasteiger partial charge in [-0.15, -0.1) is 0 Å². The molecule has 0 aliphatic carbocycles. The number of ether oxygens (including phenoxy) is 1. The van der Waals surface area contributed by atoms with E-state index in [1.807, 2.05) is 0 Å². The minimum absolute atomic E-state index is 0.00346. The molecule has 1 N–H and O–H groups in total. The van der Waals surface area contributed by atoms with E-state index in [0.29, 0.717) is 11.3 Å². The van der Waals surface area contributed by atoms with Crippen LogP contribution in [0.15, 0.2) is 67.3 Å². The predicted octanol–water partition coefficient (Wildman–Crippen LogP) is 3.52. The molecule has 0 radical (unpaired) electrons. The third-order valence-electron chi connectivity index (χ3n) is 3.37. The third-order valence-corrected chi connectivity index (χ3v) is 3.37. The van der Waals surface area contributed by atoms with Gasteiger partial charge in [-0.1, -0.05) is 18.2 Å². The molecule has 0 spiro atoms. The molecule has 0 saturated carbocycles. The molecule has 1 aromatic heterocycles. The lowest BCUT2D eigenvalue weighted by atomic mass is 10.2. The molecule has 0 bridgehead atoms. The van der Waals surface area contributed by atoms with Gasteiger partial charge in [-0.05, 0) is 36.4 Å². The first kappa shape index (κ1) is 17.3. The fourth-order valence-corrected chi connectivity index (χ4v) is 2.21. The molecule has 3 rings (SSSR count). The summed E-state index contributed by atoms with van der Waals surface area (Å²) in [7, 11) is 0. The van der Waals surface area contributed by atoms with Gasteiger partial charge in [-0.25, -0.2) is 9.67 Å². The van der Waals surface area contributed by atoms with Gasteiger partial charge < -0.3 is 10.1 Å². The van der Waals surface area contributed by atoms with Gasteiger partial charge in [0.15, 0.2) is 0 Å². The molecule has 1 amide bonds. The van der Waals surface area contributed by atoms with Crippen molar-refractivity contribution in [3.05, 3.63) is 72.8 Å². The molecule has 26 heavy (non-hydrogen) atoms. The van der Waals surface area contributed by atoms with Gasteiger partial charge in [-0.2, -0.15) is 13.9 Å². The van der Waals surface area contributed by atoms with Gasteiger partial charge in [0.25, 0.3) is 0 Å². The largest absolute Gasteiger partial charge is 0.434 e. The number of aromatic nitrogens is 3. The Morgan fingerprint density at radius 1 is 1.15 bits per heavy atom. The fourth-order valence-electron chi connectivity index (χ4n) is 2.21. The maximum atomic E-state index is 12.4. The number of amides is 1. The summed E-state index contributed by atoms with van der Waals surface area (Å²) in [5, 5.41) is 6.70. The topological polar surface area (TPSA) is 69.0 Å². The van der Waals surface area contributed by atoms with Crippen LogP contribution in [0.1, 0.15) is 5.56 Å². The number of hydrogen-bond donors (Lipinski definition) is 1. The van der Waals surface area contributed by atoms with Crippen LogP contribution in [0.25, 0.3) is 11.8 Å². The molecule has 0 atom stereocenters. The average molecular weight is 356 g/mol. The molecule has 0 fully saturated rings. The molecule has 0 saturated heterocycles. The maximum Gasteiger partial charge on any atom is 0.387 e. The van der Waals surface area contributed by atoms with E-state index >= 15 is 0 Å². The standard InChI is InChI=1S/C18H14F2N4O2/c19-18(20)26-16-4-2-1-3-13(16)5-10-17(25)23-14-6-8-15(9-7-14)24-12-21-11-22-24/h1-12,18H,(H,23,25). The van der Waals surface area contributed by atoms with Gasteiger partial charge in [0.05, 0.1) is 5.69 Å². The minimum atomic E-state index is -2.93. The van der Waals surface area contributed by atoms with Crippen LogP contribution in [0.2, 0.25) is 0 Å². The second-order valence-electron chi connectivity index (χ2n) is 5.13. The Labute approximate surface area is 147 Å². The third kappa shape index (κ3) is 4.50. The lowest BCUT2D eigenvalue weighted by Gasteiger charge is -2.07. The molecule has 3 aromatic rings. The number of hydrogen-bond acceptors (Lipinski definition) is 4. The van der Waals surface area contributed by atoms with Crippen LogP contribution in [0, 0.1) is 0 Å². The number of alkyl halides is 2. The van der Waals surface area contributed by atoms with Crippen LogP contribution in [0.5, 0.6) is 5.75 Å². The number of benzene rings is 2. The molecule has 0 aliphatic heterocycles. The Morgan fingerprint density at radius 3 is 2.62 bits per heavy atom. The summed E-state index contributed by atoms with van der Waals surface area (Å²) in [4.78, 5) is 15.9. The summed E-state index contributed by atoms with van der Waals surface area (Å²) in [5.41, 5.74) is 1.76. The van der Waals surface area contributed by atoms with Crippen molar-refractivity contribution in [2.45, 2.75) is 6.61 Å². The number of nitrogens with zero attached hydrogens (tertiary/aromatic N) is 3. The van der Waals surface area contributed by atoms with E-state index in [2.05, 4.69) is 20.1 Å². The highest BCUT2D eigenvalue weighted by Crippen LogP contribution is 2.21. The summed E-state index contributed by atoms with van der Waals surface area (Å²) in [5.74, 6) is -0.394. The van der Waals surface area contributed by atoms with E-state index in [9.17, 15) is 13.6 Å². The highest BCUT2D eigenvalue weighted by atomic mass is 19.3. The molecule has 8 heteroatoms. The first-order valence-corrected chi connectivity index (χ1v) is 7.60. The quantitative estimate of drug-likeness (QED) is 0.686. The lowest BCUT2D eigenvalue weighted by Crippen LogP contribution is -2.08. The zero-order chi connectivity index (χ0) is 18.4. The zero-order valence-electron chi connectivity index (χ0n) is 13.4. The van der Waals surface area contributed by atoms with Crippen LogP contribution in [0.4, 0.5) is 14.5 Å². The van der Waals surface area contributed by atoms with Crippen molar-refractivity contribution in [2.75, 3.05) is 5.32 Å². The van der Waals surface area contributed by atoms with Crippen LogP contribution in [-0.2, 0) is 4.79 Å². The van der Waals surface area contributed by atoms with E-state index in [-0.39, 0.29) is 5.75 Å². The van der Waals surface area contributed by atoms with Gasteiger partial charge in [-0.3, -0.25) is 4.79 Å². The van der Waals surface area contributed by atoms with Crippen molar-refractivity contribution in [1.82, 2.24) is 14.8 Å². The van der Waals surface area contributed by atoms with Crippen molar-refractivity contribution in [3.8, 4) is 11.4 Å². The average Bonchev–Trinajstić information content (AvgIpc) is 3.16. The zero-order valence-corrected chi connectivity index (χ0v) is 13.4. The fraction of sp³-hybridized carbons (Fsp3) is 0.0556. The smallest absolute Gasteiger partial charge is 0.387 e. The molecular formula is C18H14F2N4O2. The predicted molar refractivity (Wildman–Crippen MR) is 92.1 cm³/mol. The molecule has 6 nitrogen and oxygen atoms in total. The van der Waals surface area contributed by atoms with Gasteiger partial charge in [0.1, 0.15) is 18.4 Å². The van der Waals surface area contributed by atoms with Gasteiger partial charge in [0.2, 0.25) is 5.91 Å². The van der Waals surface area contributed by atoms with E-state index < -0.39 is 12.5 Å². The van der Waals surface area contributed by atoms with E-state index in [0.717, 1.165) is 5.69 Å². The van der Waals surface area contributed by atoms with Crippen molar-refractivity contribution in [2.24, 2.45) is 0 Å². The number of nitrogens with one attached hydrogen (secondary N) is 1. The Balaban J connectivity index is 1.65. The molecule has 2 aromatic carbocycles. The van der Waals surface area contributed by atoms with Crippen LogP contribution < -0.4 is 10.1 Å². The first-order valence-electron chi connectivity index (χ1n) is 7.60. The van der Waals surface area contributed by atoms with E-state index in [4.69, 9.17) is 0 Å². The van der Waals surface area contributed by atoms with Crippen LogP contribution >= 0.6 is 0 Å². The molecule has 1 heterocycles. The van der Waals surface area contributed by atoms with E-state index in [1.54, 1.807) is 53.5 Å². The first-order chi connectivity index (χ1) is 12.6. The van der Waals surface area contributed by atoms with Crippen molar-refractivity contribution in [3.63, 3.8) is 0 Å². The summed E-state index contributed by atoms with van der Waals surface area (Å²) in [6.07, 6.45) is 5.65. The number of anilines is 1. The maximum absolute atomic E-state index is 12.4. The Kier molecular flexibility index (Phi) is 5.33. The second kappa shape index (κ2) is 8.02. The van der Waals surface area contributed by atoms with Gasteiger partial charge >= 0.3 is 6.61 Å². The number of halogens is 2. The molecule has 0 aliphatic rings. The van der Waals surface area contributed by atoms with Crippen molar-refractivity contribution < 1.29 is 18.3 Å². The summed E-state index contributed by atoms with van der Waals surface area (Å²) < 4.78 is 30.8. The Hall–Kier alpha value is -3.55. The monoisotopic (exact) mass is 356 g/mol. The number of para-hydroxylation sites is 1. The summed E-state index contributed by atoms with van der Waals surface area (Å²) in [6, 6.07) is 13.2. The molecule has 132 valence electrons. The normalized spacial score (nSPS) is 11.0. The van der Waals surface area contributed by atoms with Gasteiger partial charge in [0, 0.05) is 17.3 Å². The van der Waals surface area contributed by atoms with E-state index in [1.165, 1.54) is 24.5 Å². The Bertz CT molecular complexity index is 894. The second-order valence-corrected chi connectivity index (χ2v) is 5.13. The van der Waals surface area contributed by atoms with Crippen molar-refractivity contribution in [1.29, 1.82) is 0 Å². The highest BCUT2D eigenvalue weighted by molar-refractivity contribution is 6.02. The summed E-state index contributed by atoms with van der Waals surface area (Å²) in [6.45, 7) is -2.93. The highest BCUT2D eigenvalue weighted by Gasteiger charge is 2.07. The number of rotatable bonds is 6.